The summed E-state index contributed by atoms with van der Waals surface area (Å²) in [7, 11) is 0. The van der Waals surface area contributed by atoms with E-state index in [-0.39, 0.29) is 0 Å². The number of nitrogens with zero attached hydrogens (tertiary/aromatic N) is 1. The minimum atomic E-state index is 1.17. The molecule has 0 fully saturated rings. The van der Waals surface area contributed by atoms with Gasteiger partial charge in [0.1, 0.15) is 0 Å². The molecule has 1 aromatic heterocycles. The summed E-state index contributed by atoms with van der Waals surface area (Å²) < 4.78 is 2.43. The van der Waals surface area contributed by atoms with Gasteiger partial charge in [-0.1, -0.05) is 121 Å². The highest BCUT2D eigenvalue weighted by Gasteiger charge is 2.24. The van der Waals surface area contributed by atoms with E-state index < -0.39 is 0 Å². The largest absolute Gasteiger partial charge is 0.309 e. The molecule has 1 heteroatoms. The van der Waals surface area contributed by atoms with Crippen molar-refractivity contribution in [2.75, 3.05) is 0 Å². The third-order valence-electron chi connectivity index (χ3n) is 9.68. The molecular weight excluding hydrogens is 542 g/mol. The number of hydrogen-bond acceptors (Lipinski definition) is 0. The zero-order chi connectivity index (χ0) is 29.5. The number of para-hydroxylation sites is 2. The molecule has 0 aliphatic heterocycles. The van der Waals surface area contributed by atoms with Crippen molar-refractivity contribution >= 4 is 43.4 Å². The Balaban J connectivity index is 1.26. The average Bonchev–Trinajstić information content (AvgIpc) is 3.61. The van der Waals surface area contributed by atoms with Crippen LogP contribution in [0.3, 0.4) is 0 Å². The van der Waals surface area contributed by atoms with E-state index in [4.69, 9.17) is 0 Å². The second-order valence-electron chi connectivity index (χ2n) is 12.1. The van der Waals surface area contributed by atoms with Gasteiger partial charge in [-0.25, -0.2) is 0 Å². The van der Waals surface area contributed by atoms with Crippen molar-refractivity contribution in [3.05, 3.63) is 164 Å². The van der Waals surface area contributed by atoms with Gasteiger partial charge in [-0.2, -0.15) is 0 Å². The molecule has 1 nitrogen and oxygen atoms in total. The Morgan fingerprint density at radius 1 is 0.311 bits per heavy atom. The van der Waals surface area contributed by atoms with Crippen molar-refractivity contribution in [2.45, 2.75) is 0 Å². The molecule has 9 aromatic rings. The molecule has 8 aromatic carbocycles. The minimum Gasteiger partial charge on any atom is -0.309 e. The molecule has 0 atom stereocenters. The molecule has 0 saturated heterocycles. The summed E-state index contributed by atoms with van der Waals surface area (Å²) >= 11 is 0. The van der Waals surface area contributed by atoms with Crippen molar-refractivity contribution in [3.63, 3.8) is 0 Å². The van der Waals surface area contributed by atoms with Crippen LogP contribution in [0, 0.1) is 0 Å². The molecule has 1 heterocycles. The van der Waals surface area contributed by atoms with Crippen LogP contribution < -0.4 is 0 Å². The Kier molecular flexibility index (Phi) is 5.06. The van der Waals surface area contributed by atoms with E-state index in [0.29, 0.717) is 0 Å². The van der Waals surface area contributed by atoms with Crippen molar-refractivity contribution in [1.82, 2.24) is 4.57 Å². The first-order valence-electron chi connectivity index (χ1n) is 15.6. The van der Waals surface area contributed by atoms with E-state index in [2.05, 4.69) is 168 Å². The molecule has 1 aliphatic rings. The first kappa shape index (κ1) is 24.5. The Bertz CT molecular complexity index is 2540. The van der Waals surface area contributed by atoms with Crippen LogP contribution in [0.4, 0.5) is 0 Å². The lowest BCUT2D eigenvalue weighted by Crippen LogP contribution is -1.96. The standard InChI is InChI=1S/C44H27N/c1-2-11-28(12-3-1)31-23-32(25-33(24-31)45-42-19-8-6-15-35(42)36-16-7-9-20-43(36)45)34-21-22-39-41-27-30-14-5-4-13-29(30)26-40(41)38-18-10-17-37(34)44(38)39/h1-27H. The van der Waals surface area contributed by atoms with Gasteiger partial charge in [0, 0.05) is 16.5 Å². The van der Waals surface area contributed by atoms with Gasteiger partial charge in [-0.15, -0.1) is 0 Å². The highest BCUT2D eigenvalue weighted by molar-refractivity contribution is 6.20. The maximum Gasteiger partial charge on any atom is 0.0541 e. The summed E-state index contributed by atoms with van der Waals surface area (Å²) in [6, 6.07) is 60.3. The quantitative estimate of drug-likeness (QED) is 0.199. The third kappa shape index (κ3) is 3.56. The van der Waals surface area contributed by atoms with E-state index in [0.717, 1.165) is 0 Å². The number of rotatable bonds is 3. The number of aromatic nitrogens is 1. The predicted molar refractivity (Wildman–Crippen MR) is 191 cm³/mol. The van der Waals surface area contributed by atoms with Crippen LogP contribution in [0.15, 0.2) is 164 Å². The molecule has 0 radical (unpaired) electrons. The predicted octanol–water partition coefficient (Wildman–Crippen LogP) is 12.1. The van der Waals surface area contributed by atoms with Crippen LogP contribution >= 0.6 is 0 Å². The number of fused-ring (bicyclic) bond motifs is 7. The van der Waals surface area contributed by atoms with Crippen molar-refractivity contribution in [2.24, 2.45) is 0 Å². The van der Waals surface area contributed by atoms with Gasteiger partial charge in [0.05, 0.1) is 11.0 Å². The van der Waals surface area contributed by atoms with Gasteiger partial charge in [0.15, 0.2) is 0 Å². The van der Waals surface area contributed by atoms with Crippen molar-refractivity contribution in [3.8, 4) is 50.2 Å². The summed E-state index contributed by atoms with van der Waals surface area (Å²) in [5, 5.41) is 7.76. The second kappa shape index (κ2) is 9.29. The average molecular weight is 570 g/mol. The van der Waals surface area contributed by atoms with Gasteiger partial charge in [0.25, 0.3) is 0 Å². The van der Waals surface area contributed by atoms with Gasteiger partial charge in [0.2, 0.25) is 0 Å². The Hall–Kier alpha value is -5.92. The SMILES string of the molecule is c1ccc(-c2cc(-c3ccc4c5c(cccc35)-c3cc5ccccc5cc3-4)cc(-n3c4ccccc4c4ccccc43)c2)cc1. The maximum absolute atomic E-state index is 2.43. The summed E-state index contributed by atoms with van der Waals surface area (Å²) in [6.07, 6.45) is 0. The van der Waals surface area contributed by atoms with Crippen LogP contribution in [0.25, 0.3) is 93.5 Å². The fourth-order valence-electron chi connectivity index (χ4n) is 7.69. The summed E-state index contributed by atoms with van der Waals surface area (Å²) in [5.41, 5.74) is 13.8. The Labute approximate surface area is 261 Å². The first-order chi connectivity index (χ1) is 22.3. The molecule has 0 bridgehead atoms. The lowest BCUT2D eigenvalue weighted by Gasteiger charge is -2.16. The van der Waals surface area contributed by atoms with Crippen LogP contribution in [-0.4, -0.2) is 4.57 Å². The molecule has 0 saturated carbocycles. The van der Waals surface area contributed by atoms with E-state index in [1.165, 1.54) is 93.5 Å². The molecule has 0 amide bonds. The van der Waals surface area contributed by atoms with Gasteiger partial charge in [-0.3, -0.25) is 0 Å². The normalized spacial score (nSPS) is 12.0. The summed E-state index contributed by atoms with van der Waals surface area (Å²) in [6.45, 7) is 0. The summed E-state index contributed by atoms with van der Waals surface area (Å²) in [4.78, 5) is 0. The van der Waals surface area contributed by atoms with E-state index in [1.54, 1.807) is 0 Å². The highest BCUT2D eigenvalue weighted by atomic mass is 15.0. The van der Waals surface area contributed by atoms with E-state index in [1.807, 2.05) is 0 Å². The van der Waals surface area contributed by atoms with Crippen LogP contribution in [-0.2, 0) is 0 Å². The van der Waals surface area contributed by atoms with E-state index >= 15 is 0 Å². The minimum absolute atomic E-state index is 1.17. The van der Waals surface area contributed by atoms with Crippen molar-refractivity contribution in [1.29, 1.82) is 0 Å². The maximum atomic E-state index is 2.43. The van der Waals surface area contributed by atoms with E-state index in [9.17, 15) is 0 Å². The lowest BCUT2D eigenvalue weighted by molar-refractivity contribution is 1.18. The Morgan fingerprint density at radius 3 is 1.58 bits per heavy atom. The number of hydrogen-bond donors (Lipinski definition) is 0. The molecule has 0 N–H and O–H groups in total. The van der Waals surface area contributed by atoms with Crippen LogP contribution in [0.2, 0.25) is 0 Å². The third-order valence-corrected chi connectivity index (χ3v) is 9.68. The van der Waals surface area contributed by atoms with Gasteiger partial charge < -0.3 is 4.57 Å². The topological polar surface area (TPSA) is 4.93 Å². The fourth-order valence-corrected chi connectivity index (χ4v) is 7.69. The second-order valence-corrected chi connectivity index (χ2v) is 12.1. The molecule has 208 valence electrons. The molecule has 1 aliphatic carbocycles. The number of benzene rings is 8. The van der Waals surface area contributed by atoms with Gasteiger partial charge in [-0.05, 0) is 109 Å². The van der Waals surface area contributed by atoms with Crippen LogP contribution in [0.5, 0.6) is 0 Å². The zero-order valence-electron chi connectivity index (χ0n) is 24.5. The Morgan fingerprint density at radius 2 is 0.867 bits per heavy atom. The molecule has 0 unspecified atom stereocenters. The molecular formula is C44H27N. The molecule has 45 heavy (non-hydrogen) atoms. The van der Waals surface area contributed by atoms with Crippen molar-refractivity contribution < 1.29 is 0 Å². The monoisotopic (exact) mass is 569 g/mol. The smallest absolute Gasteiger partial charge is 0.0541 e. The zero-order valence-corrected chi connectivity index (χ0v) is 24.5. The summed E-state index contributed by atoms with van der Waals surface area (Å²) in [5.74, 6) is 0. The lowest BCUT2D eigenvalue weighted by atomic mass is 9.92. The van der Waals surface area contributed by atoms with Crippen LogP contribution in [0.1, 0.15) is 0 Å². The highest BCUT2D eigenvalue weighted by Crippen LogP contribution is 2.50. The molecule has 0 spiro atoms. The fraction of sp³-hybridized carbons (Fsp3) is 0. The van der Waals surface area contributed by atoms with Gasteiger partial charge >= 0.3 is 0 Å². The molecule has 10 rings (SSSR count). The first-order valence-corrected chi connectivity index (χ1v) is 15.6.